The van der Waals surface area contributed by atoms with Crippen molar-refractivity contribution >= 4 is 23.2 Å². The zero-order valence-corrected chi connectivity index (χ0v) is 13.3. The molecule has 1 aliphatic rings. The van der Waals surface area contributed by atoms with Crippen LogP contribution >= 0.6 is 23.2 Å². The molecule has 1 saturated heterocycles. The molecule has 4 atom stereocenters. The van der Waals surface area contributed by atoms with Crippen molar-refractivity contribution in [2.45, 2.75) is 30.8 Å². The van der Waals surface area contributed by atoms with E-state index in [2.05, 4.69) is 0 Å². The molecule has 0 radical (unpaired) electrons. The van der Waals surface area contributed by atoms with E-state index in [0.29, 0.717) is 15.6 Å². The van der Waals surface area contributed by atoms with E-state index in [4.69, 9.17) is 43.8 Å². The molecule has 1 aromatic carbocycles. The monoisotopic (exact) mass is 348 g/mol. The molecule has 0 aliphatic carbocycles. The highest BCUT2D eigenvalue weighted by Gasteiger charge is 2.56. The van der Waals surface area contributed by atoms with Crippen LogP contribution in [0.5, 0.6) is 0 Å². The SMILES string of the molecule is C#C[C@]1(O)[C@@H](OC)O[C@H](COCc2ccc(Cl)cc2Cl)[C@H]1F. The standard InChI is InChI=1S/C15H15Cl2FO4/c1-3-15(19)13(18)12(22-14(15)20-2)8-21-7-9-4-5-10(16)6-11(9)17/h1,4-6,12-14,19H,7-8H2,2H3/t12-,13-,14+,15-/m1/s1. The molecule has 4 nitrogen and oxygen atoms in total. The van der Waals surface area contributed by atoms with Gasteiger partial charge in [0.15, 0.2) is 6.17 Å². The molecular formula is C15H15Cl2FO4. The molecule has 120 valence electrons. The third-order valence-corrected chi connectivity index (χ3v) is 3.99. The second-order valence-electron chi connectivity index (χ2n) is 4.86. The van der Waals surface area contributed by atoms with Crippen LogP contribution in [0.1, 0.15) is 5.56 Å². The molecule has 1 heterocycles. The van der Waals surface area contributed by atoms with Crippen molar-refractivity contribution in [1.29, 1.82) is 0 Å². The largest absolute Gasteiger partial charge is 0.374 e. The molecule has 2 rings (SSSR count). The Morgan fingerprint density at radius 1 is 1.50 bits per heavy atom. The summed E-state index contributed by atoms with van der Waals surface area (Å²) < 4.78 is 29.7. The number of methoxy groups -OCH3 is 1. The van der Waals surface area contributed by atoms with Crippen LogP contribution in [0.25, 0.3) is 0 Å². The fourth-order valence-corrected chi connectivity index (χ4v) is 2.64. The van der Waals surface area contributed by atoms with Crippen LogP contribution in [0.3, 0.4) is 0 Å². The fourth-order valence-electron chi connectivity index (χ4n) is 2.18. The summed E-state index contributed by atoms with van der Waals surface area (Å²) in [6.45, 7) is 0.0404. The van der Waals surface area contributed by atoms with Crippen molar-refractivity contribution in [3.8, 4) is 12.3 Å². The Morgan fingerprint density at radius 2 is 2.23 bits per heavy atom. The molecule has 1 aliphatic heterocycles. The van der Waals surface area contributed by atoms with Gasteiger partial charge in [0.25, 0.3) is 0 Å². The van der Waals surface area contributed by atoms with E-state index in [9.17, 15) is 9.50 Å². The van der Waals surface area contributed by atoms with Crippen LogP contribution in [0, 0.1) is 12.3 Å². The molecule has 1 aromatic rings. The smallest absolute Gasteiger partial charge is 0.210 e. The van der Waals surface area contributed by atoms with Crippen molar-refractivity contribution in [3.05, 3.63) is 33.8 Å². The first-order chi connectivity index (χ1) is 10.4. The number of terminal acetylenes is 1. The van der Waals surface area contributed by atoms with Crippen molar-refractivity contribution < 1.29 is 23.7 Å². The fraction of sp³-hybridized carbons (Fsp3) is 0.467. The Morgan fingerprint density at radius 3 is 2.77 bits per heavy atom. The number of hydrogen-bond acceptors (Lipinski definition) is 4. The minimum atomic E-state index is -2.12. The lowest BCUT2D eigenvalue weighted by atomic mass is 9.98. The van der Waals surface area contributed by atoms with Gasteiger partial charge in [-0.1, -0.05) is 35.2 Å². The lowest BCUT2D eigenvalue weighted by Gasteiger charge is -2.22. The van der Waals surface area contributed by atoms with Crippen LogP contribution in [-0.2, 0) is 20.8 Å². The molecule has 0 spiro atoms. The number of aliphatic hydroxyl groups is 1. The molecule has 22 heavy (non-hydrogen) atoms. The van der Waals surface area contributed by atoms with Gasteiger partial charge in [0.2, 0.25) is 11.9 Å². The van der Waals surface area contributed by atoms with E-state index in [0.717, 1.165) is 0 Å². The minimum absolute atomic E-state index is 0.107. The molecule has 1 N–H and O–H groups in total. The first-order valence-corrected chi connectivity index (χ1v) is 7.22. The van der Waals surface area contributed by atoms with E-state index in [1.807, 2.05) is 5.92 Å². The third-order valence-electron chi connectivity index (χ3n) is 3.40. The second-order valence-corrected chi connectivity index (χ2v) is 5.71. The van der Waals surface area contributed by atoms with Crippen molar-refractivity contribution in [2.24, 2.45) is 0 Å². The summed E-state index contributed by atoms with van der Waals surface area (Å²) in [5.74, 6) is 1.98. The number of ether oxygens (including phenoxy) is 3. The minimum Gasteiger partial charge on any atom is -0.374 e. The van der Waals surface area contributed by atoms with Crippen LogP contribution in [0.4, 0.5) is 4.39 Å². The van der Waals surface area contributed by atoms with Crippen LogP contribution in [-0.4, -0.2) is 43.0 Å². The van der Waals surface area contributed by atoms with Gasteiger partial charge in [-0.2, -0.15) is 0 Å². The van der Waals surface area contributed by atoms with E-state index >= 15 is 0 Å². The van der Waals surface area contributed by atoms with E-state index < -0.39 is 24.2 Å². The Kier molecular flexibility index (Phi) is 5.67. The normalized spacial score (nSPS) is 31.2. The summed E-state index contributed by atoms with van der Waals surface area (Å²) in [6.07, 6.45) is 1.09. The van der Waals surface area contributed by atoms with Gasteiger partial charge in [-0.25, -0.2) is 4.39 Å². The zero-order valence-electron chi connectivity index (χ0n) is 11.8. The Balaban J connectivity index is 1.94. The maximum Gasteiger partial charge on any atom is 0.210 e. The van der Waals surface area contributed by atoms with Gasteiger partial charge in [-0.05, 0) is 17.7 Å². The highest BCUT2D eigenvalue weighted by Crippen LogP contribution is 2.34. The third kappa shape index (κ3) is 3.38. The molecule has 0 unspecified atom stereocenters. The molecular weight excluding hydrogens is 334 g/mol. The van der Waals surface area contributed by atoms with Crippen molar-refractivity contribution in [1.82, 2.24) is 0 Å². The maximum atomic E-state index is 14.2. The second kappa shape index (κ2) is 7.14. The first kappa shape index (κ1) is 17.5. The predicted molar refractivity (Wildman–Crippen MR) is 80.5 cm³/mol. The van der Waals surface area contributed by atoms with Gasteiger partial charge in [0.1, 0.15) is 6.10 Å². The van der Waals surface area contributed by atoms with E-state index in [1.54, 1.807) is 18.2 Å². The van der Waals surface area contributed by atoms with Gasteiger partial charge in [0.05, 0.1) is 13.2 Å². The number of hydrogen-bond donors (Lipinski definition) is 1. The molecule has 0 bridgehead atoms. The van der Waals surface area contributed by atoms with Crippen molar-refractivity contribution in [2.75, 3.05) is 13.7 Å². The maximum absolute atomic E-state index is 14.2. The number of halogens is 3. The van der Waals surface area contributed by atoms with Gasteiger partial charge in [-0.15, -0.1) is 6.42 Å². The van der Waals surface area contributed by atoms with Crippen LogP contribution < -0.4 is 0 Å². The summed E-state index contributed by atoms with van der Waals surface area (Å²) >= 11 is 11.8. The van der Waals surface area contributed by atoms with Crippen LogP contribution in [0.2, 0.25) is 10.0 Å². The molecule has 0 saturated carbocycles. The summed E-state index contributed by atoms with van der Waals surface area (Å²) in [4.78, 5) is 0. The van der Waals surface area contributed by atoms with E-state index in [1.165, 1.54) is 7.11 Å². The molecule has 1 fully saturated rings. The lowest BCUT2D eigenvalue weighted by Crippen LogP contribution is -2.45. The molecule has 0 aromatic heterocycles. The highest BCUT2D eigenvalue weighted by molar-refractivity contribution is 6.35. The summed E-state index contributed by atoms with van der Waals surface area (Å²) in [6, 6.07) is 4.97. The van der Waals surface area contributed by atoms with Crippen LogP contribution in [0.15, 0.2) is 18.2 Å². The van der Waals surface area contributed by atoms with Gasteiger partial charge in [-0.3, -0.25) is 0 Å². The average Bonchev–Trinajstić information content (AvgIpc) is 2.74. The predicted octanol–water partition coefficient (Wildman–Crippen LogP) is 2.58. The van der Waals surface area contributed by atoms with E-state index in [-0.39, 0.29) is 13.2 Å². The molecule has 7 heteroatoms. The topological polar surface area (TPSA) is 47.9 Å². The quantitative estimate of drug-likeness (QED) is 0.831. The Bertz CT molecular complexity index is 577. The summed E-state index contributed by atoms with van der Waals surface area (Å²) in [5, 5.41) is 11.0. The van der Waals surface area contributed by atoms with Crippen molar-refractivity contribution in [3.63, 3.8) is 0 Å². The first-order valence-electron chi connectivity index (χ1n) is 6.46. The molecule has 0 amide bonds. The number of rotatable bonds is 5. The van der Waals surface area contributed by atoms with Gasteiger partial charge >= 0.3 is 0 Å². The summed E-state index contributed by atoms with van der Waals surface area (Å²) in [5.41, 5.74) is -1.42. The summed E-state index contributed by atoms with van der Waals surface area (Å²) in [7, 11) is 1.27. The number of alkyl halides is 1. The average molecular weight is 349 g/mol. The lowest BCUT2D eigenvalue weighted by molar-refractivity contribution is -0.174. The Labute approximate surface area is 138 Å². The zero-order chi connectivity index (χ0) is 16.3. The highest BCUT2D eigenvalue weighted by atomic mass is 35.5. The Hall–Kier alpha value is -0.870. The number of benzene rings is 1. The van der Waals surface area contributed by atoms with Gasteiger partial charge in [0, 0.05) is 17.2 Å². The van der Waals surface area contributed by atoms with Gasteiger partial charge < -0.3 is 19.3 Å².